The van der Waals surface area contributed by atoms with Gasteiger partial charge in [0, 0.05) is 23.7 Å². The summed E-state index contributed by atoms with van der Waals surface area (Å²) in [6.45, 7) is 9.21. The van der Waals surface area contributed by atoms with Crippen molar-refractivity contribution in [2.45, 2.75) is 52.2 Å². The Balaban J connectivity index is 1.41. The lowest BCUT2D eigenvalue weighted by Crippen LogP contribution is -2.31. The molecule has 2 aliphatic heterocycles. The van der Waals surface area contributed by atoms with Crippen LogP contribution in [0.3, 0.4) is 0 Å². The van der Waals surface area contributed by atoms with Crippen molar-refractivity contribution in [1.82, 2.24) is 4.90 Å². The molecule has 0 radical (unpaired) electrons. The molecule has 2 N–H and O–H groups in total. The van der Waals surface area contributed by atoms with Crippen LogP contribution in [0.1, 0.15) is 62.0 Å². The molecule has 4 nitrogen and oxygen atoms in total. The Kier molecular flexibility index (Phi) is 6.57. The zero-order valence-corrected chi connectivity index (χ0v) is 20.9. The molecule has 0 bridgehead atoms. The zero-order chi connectivity index (χ0) is 24.5. The number of allylic oxidation sites excluding steroid dienone is 1. The summed E-state index contributed by atoms with van der Waals surface area (Å²) in [6, 6.07) is 21.9. The molecule has 1 saturated heterocycles. The van der Waals surface area contributed by atoms with Crippen LogP contribution in [0.4, 0.5) is 0 Å². The lowest BCUT2D eigenvalue weighted by Gasteiger charge is -2.31. The highest BCUT2D eigenvalue weighted by molar-refractivity contribution is 5.95. The van der Waals surface area contributed by atoms with E-state index in [1.165, 1.54) is 25.1 Å². The van der Waals surface area contributed by atoms with E-state index in [1.807, 2.05) is 18.2 Å². The Morgan fingerprint density at radius 2 is 1.77 bits per heavy atom. The van der Waals surface area contributed by atoms with Gasteiger partial charge >= 0.3 is 0 Å². The van der Waals surface area contributed by atoms with Crippen molar-refractivity contribution < 1.29 is 14.9 Å². The highest BCUT2D eigenvalue weighted by atomic mass is 16.5. The van der Waals surface area contributed by atoms with Crippen molar-refractivity contribution in [3.63, 3.8) is 0 Å². The summed E-state index contributed by atoms with van der Waals surface area (Å²) in [5, 5.41) is 20.2. The van der Waals surface area contributed by atoms with Gasteiger partial charge in [-0.15, -0.1) is 0 Å². The number of aryl methyl sites for hydroxylation is 1. The van der Waals surface area contributed by atoms with Crippen LogP contribution < -0.4 is 4.74 Å². The van der Waals surface area contributed by atoms with Gasteiger partial charge in [-0.3, -0.25) is 0 Å². The summed E-state index contributed by atoms with van der Waals surface area (Å²) in [7, 11) is 0. The van der Waals surface area contributed by atoms with Gasteiger partial charge in [0.25, 0.3) is 0 Å². The lowest BCUT2D eigenvalue weighted by molar-refractivity contribution is 0.240. The first-order valence-corrected chi connectivity index (χ1v) is 12.7. The van der Waals surface area contributed by atoms with Crippen molar-refractivity contribution in [2.24, 2.45) is 5.92 Å². The fraction of sp³-hybridized carbons (Fsp3) is 0.355. The smallest absolute Gasteiger partial charge is 0.150 e. The van der Waals surface area contributed by atoms with E-state index in [-0.39, 0.29) is 17.6 Å². The van der Waals surface area contributed by atoms with Gasteiger partial charge in [0.2, 0.25) is 0 Å². The Morgan fingerprint density at radius 3 is 2.49 bits per heavy atom. The number of aromatic hydroxyl groups is 2. The molecular formula is C31H35NO3. The molecule has 1 unspecified atom stereocenters. The van der Waals surface area contributed by atoms with Crippen molar-refractivity contribution in [3.05, 3.63) is 89.0 Å². The summed E-state index contributed by atoms with van der Waals surface area (Å²) >= 11 is 0. The first kappa shape index (κ1) is 23.5. The molecule has 3 aromatic carbocycles. The Labute approximate surface area is 208 Å². The van der Waals surface area contributed by atoms with E-state index in [4.69, 9.17) is 4.74 Å². The maximum Gasteiger partial charge on any atom is 0.150 e. The van der Waals surface area contributed by atoms with E-state index in [0.717, 1.165) is 52.3 Å². The minimum Gasteiger partial charge on any atom is -0.508 e. The summed E-state index contributed by atoms with van der Waals surface area (Å²) in [5.41, 5.74) is 6.25. The molecule has 3 aromatic rings. The van der Waals surface area contributed by atoms with Crippen LogP contribution in [0.25, 0.3) is 11.1 Å². The summed E-state index contributed by atoms with van der Waals surface area (Å²) in [5.74, 6) is 2.01. The van der Waals surface area contributed by atoms with Gasteiger partial charge in [-0.25, -0.2) is 0 Å². The number of nitrogens with zero attached hydrogens (tertiary/aromatic N) is 1. The summed E-state index contributed by atoms with van der Waals surface area (Å²) in [6.07, 6.45) is 3.25. The Morgan fingerprint density at radius 1 is 1.00 bits per heavy atom. The molecular weight excluding hydrogens is 434 g/mol. The number of likely N-dealkylation sites (tertiary alicyclic amines) is 1. The molecule has 3 atom stereocenters. The summed E-state index contributed by atoms with van der Waals surface area (Å²) < 4.78 is 6.51. The molecule has 5 rings (SSSR count). The van der Waals surface area contributed by atoms with Crippen LogP contribution in [-0.2, 0) is 6.42 Å². The minimum absolute atomic E-state index is 0.211. The standard InChI is InChI=1S/C31H35NO3/c1-20-15-16-32(19-20)21(2)7-8-23-9-11-24(12-10-23)31-30(25-5-4-6-26(33)17-25)22(3)28-18-27(34)13-14-29(28)35-31/h4-6,9-14,17-18,20-21,31,33-34H,7-8,15-16,19H2,1-3H3/t20-,21+,31?/m1/s1. The first-order chi connectivity index (χ1) is 16.9. The van der Waals surface area contributed by atoms with Crippen LogP contribution >= 0.6 is 0 Å². The van der Waals surface area contributed by atoms with E-state index in [9.17, 15) is 10.2 Å². The molecule has 2 heterocycles. The third-order valence-corrected chi connectivity index (χ3v) is 7.65. The van der Waals surface area contributed by atoms with Crippen LogP contribution in [0.15, 0.2) is 66.7 Å². The quantitative estimate of drug-likeness (QED) is 0.416. The van der Waals surface area contributed by atoms with E-state index < -0.39 is 0 Å². The van der Waals surface area contributed by atoms with Crippen molar-refractivity contribution >= 4 is 11.1 Å². The van der Waals surface area contributed by atoms with Gasteiger partial charge in [0.15, 0.2) is 0 Å². The van der Waals surface area contributed by atoms with Crippen molar-refractivity contribution in [3.8, 4) is 17.2 Å². The van der Waals surface area contributed by atoms with E-state index >= 15 is 0 Å². The van der Waals surface area contributed by atoms with Gasteiger partial charge in [0.05, 0.1) is 0 Å². The number of ether oxygens (including phenoxy) is 1. The average molecular weight is 470 g/mol. The fourth-order valence-corrected chi connectivity index (χ4v) is 5.50. The third kappa shape index (κ3) is 4.94. The highest BCUT2D eigenvalue weighted by Gasteiger charge is 2.30. The van der Waals surface area contributed by atoms with E-state index in [0.29, 0.717) is 6.04 Å². The Bertz CT molecular complexity index is 1230. The van der Waals surface area contributed by atoms with Crippen molar-refractivity contribution in [2.75, 3.05) is 13.1 Å². The van der Waals surface area contributed by atoms with Gasteiger partial charge in [-0.05, 0) is 98.2 Å². The van der Waals surface area contributed by atoms with E-state index in [2.05, 4.69) is 49.9 Å². The number of benzene rings is 3. The number of rotatable bonds is 6. The second kappa shape index (κ2) is 9.79. The normalized spacial score (nSPS) is 21.0. The third-order valence-electron chi connectivity index (χ3n) is 7.65. The maximum atomic E-state index is 10.2. The number of hydrogen-bond acceptors (Lipinski definition) is 4. The second-order valence-corrected chi connectivity index (χ2v) is 10.3. The molecule has 0 aliphatic carbocycles. The predicted molar refractivity (Wildman–Crippen MR) is 142 cm³/mol. The number of fused-ring (bicyclic) bond motifs is 1. The summed E-state index contributed by atoms with van der Waals surface area (Å²) in [4.78, 5) is 2.62. The van der Waals surface area contributed by atoms with Crippen LogP contribution in [-0.4, -0.2) is 34.2 Å². The molecule has 1 fully saturated rings. The van der Waals surface area contributed by atoms with Crippen LogP contribution in [0, 0.1) is 5.92 Å². The van der Waals surface area contributed by atoms with E-state index in [1.54, 1.807) is 24.3 Å². The first-order valence-electron chi connectivity index (χ1n) is 12.7. The molecule has 0 aromatic heterocycles. The second-order valence-electron chi connectivity index (χ2n) is 10.3. The van der Waals surface area contributed by atoms with Gasteiger partial charge in [-0.2, -0.15) is 0 Å². The topological polar surface area (TPSA) is 52.9 Å². The molecule has 2 aliphatic rings. The van der Waals surface area contributed by atoms with Gasteiger partial charge in [-0.1, -0.05) is 43.3 Å². The maximum absolute atomic E-state index is 10.2. The average Bonchev–Trinajstić information content (AvgIpc) is 3.29. The number of phenols is 2. The Hall–Kier alpha value is -3.24. The lowest BCUT2D eigenvalue weighted by atomic mass is 9.85. The largest absolute Gasteiger partial charge is 0.508 e. The van der Waals surface area contributed by atoms with Crippen LogP contribution in [0.5, 0.6) is 17.2 Å². The van der Waals surface area contributed by atoms with Gasteiger partial charge < -0.3 is 19.8 Å². The predicted octanol–water partition coefficient (Wildman–Crippen LogP) is 6.83. The van der Waals surface area contributed by atoms with Gasteiger partial charge in [0.1, 0.15) is 23.4 Å². The van der Waals surface area contributed by atoms with Crippen LogP contribution in [0.2, 0.25) is 0 Å². The molecule has 4 heteroatoms. The number of phenolic OH excluding ortho intramolecular Hbond substituents is 2. The molecule has 35 heavy (non-hydrogen) atoms. The monoisotopic (exact) mass is 469 g/mol. The zero-order valence-electron chi connectivity index (χ0n) is 20.9. The molecule has 0 saturated carbocycles. The SMILES string of the molecule is CC1=C(c2cccc(O)c2)C(c2ccc(CC[C@H](C)N3CC[C@@H](C)C3)cc2)Oc2ccc(O)cc21. The highest BCUT2D eigenvalue weighted by Crippen LogP contribution is 2.47. The van der Waals surface area contributed by atoms with Crippen molar-refractivity contribution in [1.29, 1.82) is 0 Å². The number of hydrogen-bond donors (Lipinski definition) is 2. The fourth-order valence-electron chi connectivity index (χ4n) is 5.50. The molecule has 0 amide bonds. The minimum atomic E-state index is -0.298. The molecule has 182 valence electrons. The molecule has 0 spiro atoms.